The number of nitrogens with one attached hydrogen (secondary N) is 1. The van der Waals surface area contributed by atoms with Gasteiger partial charge in [-0.25, -0.2) is 4.79 Å². The number of carbonyl (C=O) groups is 2. The second kappa shape index (κ2) is 6.61. The Morgan fingerprint density at radius 1 is 1.33 bits per heavy atom. The number of nitrogens with two attached hydrogens (primary N) is 1. The predicted molar refractivity (Wildman–Crippen MR) is 83.0 cm³/mol. The maximum absolute atomic E-state index is 12.0. The molecule has 0 saturated heterocycles. The van der Waals surface area contributed by atoms with Crippen LogP contribution in [-0.2, 0) is 9.53 Å². The SMILES string of the molecule is CCC(C)(C)NC(=O)C(C)OC(=O)c1cc(C)cc(N)c1. The molecule has 0 saturated carbocycles. The summed E-state index contributed by atoms with van der Waals surface area (Å²) < 4.78 is 5.19. The summed E-state index contributed by atoms with van der Waals surface area (Å²) in [5.74, 6) is -0.863. The first-order chi connectivity index (χ1) is 9.64. The molecule has 0 aromatic heterocycles. The molecule has 1 atom stereocenters. The van der Waals surface area contributed by atoms with Crippen LogP contribution in [0.15, 0.2) is 18.2 Å². The molecular weight excluding hydrogens is 268 g/mol. The van der Waals surface area contributed by atoms with Gasteiger partial charge >= 0.3 is 5.97 Å². The number of hydrogen-bond donors (Lipinski definition) is 2. The molecule has 0 fully saturated rings. The van der Waals surface area contributed by atoms with Gasteiger partial charge in [0.15, 0.2) is 6.10 Å². The third-order valence-corrected chi connectivity index (χ3v) is 3.33. The van der Waals surface area contributed by atoms with Crippen LogP contribution in [0.3, 0.4) is 0 Å². The average molecular weight is 292 g/mol. The molecule has 3 N–H and O–H groups in total. The molecule has 0 heterocycles. The van der Waals surface area contributed by atoms with E-state index in [1.165, 1.54) is 6.07 Å². The van der Waals surface area contributed by atoms with E-state index in [-0.39, 0.29) is 11.4 Å². The second-order valence-electron chi connectivity index (χ2n) is 5.91. The van der Waals surface area contributed by atoms with Crippen molar-refractivity contribution in [1.29, 1.82) is 0 Å². The predicted octanol–water partition coefficient (Wildman–Crippen LogP) is 2.43. The molecule has 1 aromatic rings. The van der Waals surface area contributed by atoms with Gasteiger partial charge in [0.05, 0.1) is 5.56 Å². The number of esters is 1. The van der Waals surface area contributed by atoms with Crippen molar-refractivity contribution >= 4 is 17.6 Å². The van der Waals surface area contributed by atoms with E-state index in [2.05, 4.69) is 5.32 Å². The molecule has 116 valence electrons. The third kappa shape index (κ3) is 5.10. The lowest BCUT2D eigenvalue weighted by Gasteiger charge is -2.26. The molecule has 0 aliphatic heterocycles. The molecule has 1 rings (SSSR count). The first-order valence-electron chi connectivity index (χ1n) is 7.05. The number of benzene rings is 1. The fourth-order valence-electron chi connectivity index (χ4n) is 1.74. The molecule has 0 aliphatic carbocycles. The zero-order chi connectivity index (χ0) is 16.2. The summed E-state index contributed by atoms with van der Waals surface area (Å²) in [6, 6.07) is 4.98. The summed E-state index contributed by atoms with van der Waals surface area (Å²) in [7, 11) is 0. The van der Waals surface area contributed by atoms with Crippen molar-refractivity contribution in [1.82, 2.24) is 5.32 Å². The molecule has 1 unspecified atom stereocenters. The second-order valence-corrected chi connectivity index (χ2v) is 5.91. The van der Waals surface area contributed by atoms with Crippen molar-refractivity contribution in [3.05, 3.63) is 29.3 Å². The molecule has 1 aromatic carbocycles. The number of ether oxygens (including phenoxy) is 1. The molecule has 21 heavy (non-hydrogen) atoms. The number of nitrogen functional groups attached to an aromatic ring is 1. The Bertz CT molecular complexity index is 518. The number of aryl methyl sites for hydroxylation is 1. The third-order valence-electron chi connectivity index (χ3n) is 3.33. The van der Waals surface area contributed by atoms with Gasteiger partial charge in [0.1, 0.15) is 0 Å². The molecule has 1 amide bonds. The quantitative estimate of drug-likeness (QED) is 0.645. The zero-order valence-corrected chi connectivity index (χ0v) is 13.3. The minimum Gasteiger partial charge on any atom is -0.449 e. The smallest absolute Gasteiger partial charge is 0.338 e. The lowest BCUT2D eigenvalue weighted by Crippen LogP contribution is -2.47. The van der Waals surface area contributed by atoms with E-state index in [1.807, 2.05) is 27.7 Å². The van der Waals surface area contributed by atoms with E-state index >= 15 is 0 Å². The van der Waals surface area contributed by atoms with Gasteiger partial charge in [0, 0.05) is 11.2 Å². The molecule has 5 nitrogen and oxygen atoms in total. The molecular formula is C16H24N2O3. The average Bonchev–Trinajstić information content (AvgIpc) is 2.36. The molecule has 5 heteroatoms. The van der Waals surface area contributed by atoms with Crippen LogP contribution < -0.4 is 11.1 Å². The van der Waals surface area contributed by atoms with Gasteiger partial charge in [-0.1, -0.05) is 6.92 Å². The van der Waals surface area contributed by atoms with E-state index in [0.29, 0.717) is 11.3 Å². The van der Waals surface area contributed by atoms with Crippen LogP contribution in [0.4, 0.5) is 5.69 Å². The van der Waals surface area contributed by atoms with Crippen LogP contribution in [-0.4, -0.2) is 23.5 Å². The monoisotopic (exact) mass is 292 g/mol. The standard InChI is InChI=1S/C16H24N2O3/c1-6-16(4,5)18-14(19)11(3)21-15(20)12-7-10(2)8-13(17)9-12/h7-9,11H,6,17H2,1-5H3,(H,18,19). The summed E-state index contributed by atoms with van der Waals surface area (Å²) in [6.45, 7) is 9.21. The Morgan fingerprint density at radius 3 is 2.48 bits per heavy atom. The summed E-state index contributed by atoms with van der Waals surface area (Å²) in [6.07, 6.45) is -0.0709. The van der Waals surface area contributed by atoms with Gasteiger partial charge < -0.3 is 15.8 Å². The topological polar surface area (TPSA) is 81.4 Å². The van der Waals surface area contributed by atoms with Crippen LogP contribution in [0.5, 0.6) is 0 Å². The summed E-state index contributed by atoms with van der Waals surface area (Å²) >= 11 is 0. The fourth-order valence-corrected chi connectivity index (χ4v) is 1.74. The van der Waals surface area contributed by atoms with Gasteiger partial charge in [-0.3, -0.25) is 4.79 Å². The summed E-state index contributed by atoms with van der Waals surface area (Å²) in [5, 5.41) is 2.84. The van der Waals surface area contributed by atoms with Crippen molar-refractivity contribution in [2.45, 2.75) is 52.7 Å². The van der Waals surface area contributed by atoms with E-state index in [4.69, 9.17) is 10.5 Å². The van der Waals surface area contributed by atoms with E-state index in [1.54, 1.807) is 19.1 Å². The lowest BCUT2D eigenvalue weighted by atomic mass is 10.0. The molecule has 0 spiro atoms. The number of rotatable bonds is 5. The van der Waals surface area contributed by atoms with Crippen LogP contribution in [0.2, 0.25) is 0 Å². The van der Waals surface area contributed by atoms with E-state index in [0.717, 1.165) is 12.0 Å². The highest BCUT2D eigenvalue weighted by Gasteiger charge is 2.24. The maximum Gasteiger partial charge on any atom is 0.338 e. The van der Waals surface area contributed by atoms with E-state index in [9.17, 15) is 9.59 Å². The van der Waals surface area contributed by atoms with Gasteiger partial charge in [0.25, 0.3) is 5.91 Å². The maximum atomic E-state index is 12.0. The van der Waals surface area contributed by atoms with Crippen LogP contribution in [0.1, 0.15) is 50.0 Å². The summed E-state index contributed by atoms with van der Waals surface area (Å²) in [4.78, 5) is 24.0. The first-order valence-corrected chi connectivity index (χ1v) is 7.05. The van der Waals surface area contributed by atoms with Gasteiger partial charge in [0.2, 0.25) is 0 Å². The van der Waals surface area contributed by atoms with Crippen LogP contribution in [0.25, 0.3) is 0 Å². The van der Waals surface area contributed by atoms with Crippen LogP contribution in [0, 0.1) is 6.92 Å². The number of carbonyl (C=O) groups excluding carboxylic acids is 2. The summed E-state index contributed by atoms with van der Waals surface area (Å²) in [5.41, 5.74) is 7.08. The lowest BCUT2D eigenvalue weighted by molar-refractivity contribution is -0.130. The zero-order valence-electron chi connectivity index (χ0n) is 13.3. The Labute approximate surface area is 125 Å². The number of hydrogen-bond acceptors (Lipinski definition) is 4. The number of amides is 1. The Hall–Kier alpha value is -2.04. The molecule has 0 bridgehead atoms. The molecule has 0 aliphatic rings. The molecule has 0 radical (unpaired) electrons. The van der Waals surface area contributed by atoms with Crippen molar-refractivity contribution in [3.8, 4) is 0 Å². The van der Waals surface area contributed by atoms with Gasteiger partial charge in [-0.05, 0) is 57.9 Å². The minimum atomic E-state index is -0.856. The number of anilines is 1. The highest BCUT2D eigenvalue weighted by Crippen LogP contribution is 2.14. The van der Waals surface area contributed by atoms with E-state index < -0.39 is 12.1 Å². The van der Waals surface area contributed by atoms with Crippen LogP contribution >= 0.6 is 0 Å². The fraction of sp³-hybridized carbons (Fsp3) is 0.500. The largest absolute Gasteiger partial charge is 0.449 e. The van der Waals surface area contributed by atoms with Crippen molar-refractivity contribution in [2.24, 2.45) is 0 Å². The van der Waals surface area contributed by atoms with Gasteiger partial charge in [-0.15, -0.1) is 0 Å². The Morgan fingerprint density at radius 2 is 1.95 bits per heavy atom. The Balaban J connectivity index is 2.71. The Kier molecular flexibility index (Phi) is 5.35. The van der Waals surface area contributed by atoms with Crippen molar-refractivity contribution in [3.63, 3.8) is 0 Å². The van der Waals surface area contributed by atoms with Crippen molar-refractivity contribution in [2.75, 3.05) is 5.73 Å². The normalized spacial score (nSPS) is 12.6. The highest BCUT2D eigenvalue weighted by molar-refractivity contribution is 5.93. The van der Waals surface area contributed by atoms with Crippen molar-refractivity contribution < 1.29 is 14.3 Å². The minimum absolute atomic E-state index is 0.309. The highest BCUT2D eigenvalue weighted by atomic mass is 16.5. The first kappa shape index (κ1) is 17.0. The van der Waals surface area contributed by atoms with Gasteiger partial charge in [-0.2, -0.15) is 0 Å².